The van der Waals surface area contributed by atoms with Crippen LogP contribution in [0.3, 0.4) is 0 Å². The van der Waals surface area contributed by atoms with Crippen LogP contribution in [0.1, 0.15) is 361 Å². The molecule has 0 heterocycles. The number of hydrogen-bond donors (Lipinski definition) is 0. The van der Waals surface area contributed by atoms with E-state index >= 15 is 0 Å². The molecule has 1 unspecified atom stereocenters. The van der Waals surface area contributed by atoms with Crippen LogP contribution in [0, 0.1) is 0 Å². The first-order valence-corrected chi connectivity index (χ1v) is 34.3. The molecule has 0 aliphatic rings. The zero-order valence-electron chi connectivity index (χ0n) is 52.2. The minimum absolute atomic E-state index is 0.0785. The molecule has 6 nitrogen and oxygen atoms in total. The van der Waals surface area contributed by atoms with Crippen LogP contribution in [0.2, 0.25) is 0 Å². The summed E-state index contributed by atoms with van der Waals surface area (Å²) in [6.07, 6.45) is 85.2. The zero-order chi connectivity index (χ0) is 56.4. The SMILES string of the molecule is CCCCCC/C=C\C/C=C\CCCCCCCC(=O)OCC(COC(=O)CCCCCCCCCCCCC/C=C\C/C=C\CCCCCCC)OC(=O)CCCCCCCCCCC/C=C\CCCCCCCCCC. The molecule has 0 aliphatic carbocycles. The van der Waals surface area contributed by atoms with Gasteiger partial charge in [-0.15, -0.1) is 0 Å². The van der Waals surface area contributed by atoms with Crippen molar-refractivity contribution in [1.82, 2.24) is 0 Å². The van der Waals surface area contributed by atoms with Gasteiger partial charge in [-0.1, -0.05) is 293 Å². The molecule has 0 aliphatic heterocycles. The van der Waals surface area contributed by atoms with E-state index in [1.54, 1.807) is 0 Å². The normalized spacial score (nSPS) is 12.4. The Labute approximate surface area is 485 Å². The van der Waals surface area contributed by atoms with E-state index in [0.717, 1.165) is 83.5 Å². The van der Waals surface area contributed by atoms with Crippen molar-refractivity contribution in [3.05, 3.63) is 60.8 Å². The fourth-order valence-corrected chi connectivity index (χ4v) is 10.0. The summed E-state index contributed by atoms with van der Waals surface area (Å²) in [6, 6.07) is 0. The van der Waals surface area contributed by atoms with Gasteiger partial charge in [0, 0.05) is 19.3 Å². The Morgan fingerprint density at radius 2 is 0.462 bits per heavy atom. The Kier molecular flexibility index (Phi) is 64.2. The van der Waals surface area contributed by atoms with E-state index in [1.165, 1.54) is 238 Å². The second-order valence-corrected chi connectivity index (χ2v) is 23.1. The highest BCUT2D eigenvalue weighted by Gasteiger charge is 2.19. The highest BCUT2D eigenvalue weighted by molar-refractivity contribution is 5.71. The highest BCUT2D eigenvalue weighted by atomic mass is 16.6. The van der Waals surface area contributed by atoms with Crippen LogP contribution >= 0.6 is 0 Å². The van der Waals surface area contributed by atoms with E-state index in [9.17, 15) is 14.4 Å². The summed E-state index contributed by atoms with van der Waals surface area (Å²) in [5, 5.41) is 0. The van der Waals surface area contributed by atoms with Crippen molar-refractivity contribution >= 4 is 17.9 Å². The molecule has 0 N–H and O–H groups in total. The Bertz CT molecular complexity index is 1390. The summed E-state index contributed by atoms with van der Waals surface area (Å²) in [5.41, 5.74) is 0. The molecule has 0 spiro atoms. The van der Waals surface area contributed by atoms with Gasteiger partial charge in [-0.2, -0.15) is 0 Å². The second-order valence-electron chi connectivity index (χ2n) is 23.1. The lowest BCUT2D eigenvalue weighted by atomic mass is 10.0. The minimum Gasteiger partial charge on any atom is -0.462 e. The monoisotopic (exact) mass is 1090 g/mol. The van der Waals surface area contributed by atoms with Gasteiger partial charge in [0.1, 0.15) is 13.2 Å². The van der Waals surface area contributed by atoms with E-state index in [1.807, 2.05) is 0 Å². The summed E-state index contributed by atoms with van der Waals surface area (Å²) >= 11 is 0. The topological polar surface area (TPSA) is 78.9 Å². The van der Waals surface area contributed by atoms with Crippen molar-refractivity contribution in [3.63, 3.8) is 0 Å². The summed E-state index contributed by atoms with van der Waals surface area (Å²) < 4.78 is 17.0. The maximum absolute atomic E-state index is 12.9. The van der Waals surface area contributed by atoms with Gasteiger partial charge in [0.05, 0.1) is 0 Å². The second kappa shape index (κ2) is 66.6. The molecule has 454 valence electrons. The molecule has 0 aromatic rings. The molecule has 1 atom stereocenters. The minimum atomic E-state index is -0.783. The number of carbonyl (C=O) groups excluding carboxylic acids is 3. The molecular weight excluding hydrogens is 961 g/mol. The van der Waals surface area contributed by atoms with Gasteiger partial charge in [-0.3, -0.25) is 14.4 Å². The van der Waals surface area contributed by atoms with Crippen LogP contribution in [0.5, 0.6) is 0 Å². The van der Waals surface area contributed by atoms with Crippen LogP contribution in [0.25, 0.3) is 0 Å². The van der Waals surface area contributed by atoms with Gasteiger partial charge >= 0.3 is 17.9 Å². The quantitative estimate of drug-likeness (QED) is 0.0261. The van der Waals surface area contributed by atoms with Crippen LogP contribution in [-0.4, -0.2) is 37.2 Å². The smallest absolute Gasteiger partial charge is 0.306 e. The van der Waals surface area contributed by atoms with Crippen molar-refractivity contribution < 1.29 is 28.6 Å². The molecule has 0 aromatic carbocycles. The van der Waals surface area contributed by atoms with Crippen molar-refractivity contribution in [1.29, 1.82) is 0 Å². The van der Waals surface area contributed by atoms with Crippen LogP contribution in [0.4, 0.5) is 0 Å². The first kappa shape index (κ1) is 75.1. The zero-order valence-corrected chi connectivity index (χ0v) is 52.2. The van der Waals surface area contributed by atoms with Gasteiger partial charge in [0.25, 0.3) is 0 Å². The number of rotatable bonds is 63. The number of carbonyl (C=O) groups is 3. The first-order valence-electron chi connectivity index (χ1n) is 34.3. The molecule has 6 heteroatoms. The molecule has 0 amide bonds. The van der Waals surface area contributed by atoms with Gasteiger partial charge in [-0.05, 0) is 109 Å². The Hall–Kier alpha value is -2.89. The molecule has 0 aromatic heterocycles. The Morgan fingerprint density at radius 3 is 0.731 bits per heavy atom. The van der Waals surface area contributed by atoms with Crippen molar-refractivity contribution in [3.8, 4) is 0 Å². The fourth-order valence-electron chi connectivity index (χ4n) is 10.0. The summed E-state index contributed by atoms with van der Waals surface area (Å²) in [4.78, 5) is 38.4. The standard InChI is InChI=1S/C72H130O6/c1-4-7-10-13-16-19-22-25-28-31-33-35-36-38-39-41-44-47-50-53-56-59-62-65-71(74)77-68-69(67-76-70(73)64-61-58-55-52-49-46-43-30-27-24-21-18-15-12-9-6-3)78-72(75)66-63-60-57-54-51-48-45-42-40-37-34-32-29-26-23-20-17-14-11-8-5-2/h21-22,24-25,30-34,43,69H,4-20,23,26-29,35-42,44-68H2,1-3H3/b24-21-,25-22-,33-31-,34-32-,43-30-. The van der Waals surface area contributed by atoms with Crippen molar-refractivity contribution in [2.45, 2.75) is 367 Å². The largest absolute Gasteiger partial charge is 0.462 e. The first-order chi connectivity index (χ1) is 38.5. The summed E-state index contributed by atoms with van der Waals surface area (Å²) in [5.74, 6) is -0.876. The van der Waals surface area contributed by atoms with Gasteiger partial charge in [-0.25, -0.2) is 0 Å². The molecule has 0 fully saturated rings. The Morgan fingerprint density at radius 1 is 0.256 bits per heavy atom. The lowest BCUT2D eigenvalue weighted by Gasteiger charge is -2.18. The summed E-state index contributed by atoms with van der Waals surface area (Å²) in [7, 11) is 0. The number of allylic oxidation sites excluding steroid dienone is 10. The molecule has 0 bridgehead atoms. The van der Waals surface area contributed by atoms with Crippen molar-refractivity contribution in [2.75, 3.05) is 13.2 Å². The molecule has 78 heavy (non-hydrogen) atoms. The Balaban J connectivity index is 4.35. The van der Waals surface area contributed by atoms with Crippen molar-refractivity contribution in [2.24, 2.45) is 0 Å². The van der Waals surface area contributed by atoms with E-state index in [4.69, 9.17) is 14.2 Å². The van der Waals surface area contributed by atoms with E-state index in [-0.39, 0.29) is 31.1 Å². The average molecular weight is 1090 g/mol. The van der Waals surface area contributed by atoms with E-state index in [2.05, 4.69) is 81.5 Å². The third kappa shape index (κ3) is 63.9. The molecule has 0 radical (unpaired) electrons. The van der Waals surface area contributed by atoms with Crippen LogP contribution in [0.15, 0.2) is 60.8 Å². The van der Waals surface area contributed by atoms with E-state index < -0.39 is 6.10 Å². The lowest BCUT2D eigenvalue weighted by Crippen LogP contribution is -2.30. The number of hydrogen-bond acceptors (Lipinski definition) is 6. The molecule has 0 saturated heterocycles. The highest BCUT2D eigenvalue weighted by Crippen LogP contribution is 2.17. The third-order valence-electron chi connectivity index (χ3n) is 15.2. The molecule has 0 saturated carbocycles. The predicted octanol–water partition coefficient (Wildman–Crippen LogP) is 23.5. The van der Waals surface area contributed by atoms with Gasteiger partial charge in [0.15, 0.2) is 6.10 Å². The van der Waals surface area contributed by atoms with Gasteiger partial charge in [0.2, 0.25) is 0 Å². The average Bonchev–Trinajstić information content (AvgIpc) is 3.44. The number of esters is 3. The summed E-state index contributed by atoms with van der Waals surface area (Å²) in [6.45, 7) is 6.65. The predicted molar refractivity (Wildman–Crippen MR) is 339 cm³/mol. The molecule has 0 rings (SSSR count). The van der Waals surface area contributed by atoms with Gasteiger partial charge < -0.3 is 14.2 Å². The van der Waals surface area contributed by atoms with Crippen LogP contribution in [-0.2, 0) is 28.6 Å². The maximum Gasteiger partial charge on any atom is 0.306 e. The third-order valence-corrected chi connectivity index (χ3v) is 15.2. The maximum atomic E-state index is 12.9. The molecular formula is C72H130O6. The number of ether oxygens (including phenoxy) is 3. The fraction of sp³-hybridized carbons (Fsp3) is 0.819. The van der Waals surface area contributed by atoms with E-state index in [0.29, 0.717) is 19.3 Å². The number of unbranched alkanes of at least 4 members (excludes halogenated alkanes) is 42. The van der Waals surface area contributed by atoms with Crippen LogP contribution < -0.4 is 0 Å². The lowest BCUT2D eigenvalue weighted by molar-refractivity contribution is -0.167.